The fourth-order valence-corrected chi connectivity index (χ4v) is 2.03. The molecule has 112 valence electrons. The van der Waals surface area contributed by atoms with Gasteiger partial charge in [0, 0.05) is 10.2 Å². The first-order valence-corrected chi connectivity index (χ1v) is 6.71. The van der Waals surface area contributed by atoms with Gasteiger partial charge < -0.3 is 4.74 Å². The summed E-state index contributed by atoms with van der Waals surface area (Å²) in [5.41, 5.74) is -1.65. The predicted octanol–water partition coefficient (Wildman–Crippen LogP) is 3.83. The third-order valence-electron chi connectivity index (χ3n) is 2.61. The number of imidazole rings is 1. The van der Waals surface area contributed by atoms with E-state index in [0.717, 1.165) is 15.4 Å². The van der Waals surface area contributed by atoms with Crippen molar-refractivity contribution >= 4 is 21.9 Å². The molecule has 0 saturated heterocycles. The summed E-state index contributed by atoms with van der Waals surface area (Å²) in [6.45, 7) is 1.48. The molecule has 0 spiro atoms. The Morgan fingerprint density at radius 2 is 1.95 bits per heavy atom. The minimum absolute atomic E-state index is 0.0265. The molecule has 0 aliphatic rings. The van der Waals surface area contributed by atoms with Gasteiger partial charge in [0.2, 0.25) is 0 Å². The van der Waals surface area contributed by atoms with E-state index in [1.54, 1.807) is 12.1 Å². The SMILES string of the molecule is CCOC(=O)c1ncn(-c2ccc(Br)cc2)c1C(F)(F)F. The van der Waals surface area contributed by atoms with Crippen LogP contribution in [-0.4, -0.2) is 22.1 Å². The minimum Gasteiger partial charge on any atom is -0.461 e. The van der Waals surface area contributed by atoms with Gasteiger partial charge in [0.15, 0.2) is 11.4 Å². The van der Waals surface area contributed by atoms with Gasteiger partial charge in [0.05, 0.1) is 6.61 Å². The lowest BCUT2D eigenvalue weighted by atomic mass is 10.2. The zero-order valence-electron chi connectivity index (χ0n) is 10.8. The molecular weight excluding hydrogens is 353 g/mol. The van der Waals surface area contributed by atoms with Gasteiger partial charge >= 0.3 is 12.1 Å². The Morgan fingerprint density at radius 1 is 1.33 bits per heavy atom. The quantitative estimate of drug-likeness (QED) is 0.779. The monoisotopic (exact) mass is 362 g/mol. The second kappa shape index (κ2) is 5.88. The molecule has 0 amide bonds. The average molecular weight is 363 g/mol. The number of carbonyl (C=O) groups is 1. The molecule has 0 saturated carbocycles. The van der Waals surface area contributed by atoms with Gasteiger partial charge in [-0.05, 0) is 31.2 Å². The summed E-state index contributed by atoms with van der Waals surface area (Å²) >= 11 is 3.20. The highest BCUT2D eigenvalue weighted by molar-refractivity contribution is 9.10. The van der Waals surface area contributed by atoms with Gasteiger partial charge in [-0.15, -0.1) is 0 Å². The summed E-state index contributed by atoms with van der Waals surface area (Å²) < 4.78 is 45.8. The number of alkyl halides is 3. The van der Waals surface area contributed by atoms with Crippen molar-refractivity contribution in [2.45, 2.75) is 13.1 Å². The Bertz CT molecular complexity index is 650. The molecule has 0 bridgehead atoms. The smallest absolute Gasteiger partial charge is 0.434 e. The van der Waals surface area contributed by atoms with Crippen molar-refractivity contribution < 1.29 is 22.7 Å². The molecule has 1 aromatic heterocycles. The van der Waals surface area contributed by atoms with E-state index in [0.29, 0.717) is 0 Å². The molecule has 0 aliphatic carbocycles. The number of hydrogen-bond donors (Lipinski definition) is 0. The summed E-state index contributed by atoms with van der Waals surface area (Å²) in [4.78, 5) is 15.2. The first-order chi connectivity index (χ1) is 9.84. The predicted molar refractivity (Wildman–Crippen MR) is 72.2 cm³/mol. The van der Waals surface area contributed by atoms with E-state index in [1.165, 1.54) is 19.1 Å². The van der Waals surface area contributed by atoms with Gasteiger partial charge in [0.1, 0.15) is 6.33 Å². The summed E-state index contributed by atoms with van der Waals surface area (Å²) in [5.74, 6) is -1.10. The van der Waals surface area contributed by atoms with Crippen molar-refractivity contribution in [2.75, 3.05) is 6.61 Å². The minimum atomic E-state index is -4.73. The Balaban J connectivity index is 2.57. The Kier molecular flexibility index (Phi) is 4.36. The van der Waals surface area contributed by atoms with Crippen LogP contribution in [0.3, 0.4) is 0 Å². The lowest BCUT2D eigenvalue weighted by Gasteiger charge is -2.12. The highest BCUT2D eigenvalue weighted by atomic mass is 79.9. The van der Waals surface area contributed by atoms with E-state index in [2.05, 4.69) is 25.7 Å². The topological polar surface area (TPSA) is 44.1 Å². The third kappa shape index (κ3) is 3.26. The highest BCUT2D eigenvalue weighted by Crippen LogP contribution is 2.34. The Hall–Kier alpha value is -1.83. The fourth-order valence-electron chi connectivity index (χ4n) is 1.77. The molecular formula is C13H10BrF3N2O2. The van der Waals surface area contributed by atoms with Crippen LogP contribution < -0.4 is 0 Å². The summed E-state index contributed by atoms with van der Waals surface area (Å²) in [5, 5.41) is 0. The van der Waals surface area contributed by atoms with Crippen LogP contribution in [0.1, 0.15) is 23.1 Å². The maximum atomic E-state index is 13.2. The van der Waals surface area contributed by atoms with Gasteiger partial charge in [-0.3, -0.25) is 4.57 Å². The number of ether oxygens (including phenoxy) is 1. The molecule has 21 heavy (non-hydrogen) atoms. The fraction of sp³-hybridized carbons (Fsp3) is 0.231. The van der Waals surface area contributed by atoms with Crippen molar-refractivity contribution in [3.63, 3.8) is 0 Å². The number of benzene rings is 1. The molecule has 1 aromatic carbocycles. The second-order valence-corrected chi connectivity index (χ2v) is 4.92. The summed E-state index contributed by atoms with van der Waals surface area (Å²) in [7, 11) is 0. The third-order valence-corrected chi connectivity index (χ3v) is 3.14. The standard InChI is InChI=1S/C13H10BrF3N2O2/c1-2-21-12(20)10-11(13(15,16)17)19(7-18-10)9-5-3-8(14)4-6-9/h3-7H,2H2,1H3. The Labute approximate surface area is 126 Å². The maximum absolute atomic E-state index is 13.2. The zero-order valence-corrected chi connectivity index (χ0v) is 12.4. The maximum Gasteiger partial charge on any atom is 0.434 e. The lowest BCUT2D eigenvalue weighted by molar-refractivity contribution is -0.142. The molecule has 8 heteroatoms. The van der Waals surface area contributed by atoms with Gasteiger partial charge in [0.25, 0.3) is 0 Å². The lowest BCUT2D eigenvalue weighted by Crippen LogP contribution is -2.18. The summed E-state index contributed by atoms with van der Waals surface area (Å²) in [6.07, 6.45) is -3.77. The van der Waals surface area contributed by atoms with E-state index in [4.69, 9.17) is 0 Å². The van der Waals surface area contributed by atoms with Crippen LogP contribution in [0.4, 0.5) is 13.2 Å². The number of halogens is 4. The van der Waals surface area contributed by atoms with Gasteiger partial charge in [-0.1, -0.05) is 15.9 Å². The van der Waals surface area contributed by atoms with Crippen LogP contribution in [0.15, 0.2) is 35.1 Å². The molecule has 0 aliphatic heterocycles. The van der Waals surface area contributed by atoms with Gasteiger partial charge in [-0.2, -0.15) is 13.2 Å². The van der Waals surface area contributed by atoms with E-state index in [-0.39, 0.29) is 12.3 Å². The largest absolute Gasteiger partial charge is 0.461 e. The van der Waals surface area contributed by atoms with Crippen molar-refractivity contribution in [3.05, 3.63) is 46.5 Å². The molecule has 0 atom stereocenters. The van der Waals surface area contributed by atoms with Crippen LogP contribution in [0.5, 0.6) is 0 Å². The number of nitrogens with zero attached hydrogens (tertiary/aromatic N) is 2. The Morgan fingerprint density at radius 3 is 2.48 bits per heavy atom. The van der Waals surface area contributed by atoms with Crippen LogP contribution in [0, 0.1) is 0 Å². The van der Waals surface area contributed by atoms with Crippen molar-refractivity contribution in [1.82, 2.24) is 9.55 Å². The zero-order chi connectivity index (χ0) is 15.6. The molecule has 2 aromatic rings. The second-order valence-electron chi connectivity index (χ2n) is 4.01. The van der Waals surface area contributed by atoms with E-state index < -0.39 is 23.5 Å². The molecule has 0 fully saturated rings. The van der Waals surface area contributed by atoms with E-state index in [9.17, 15) is 18.0 Å². The normalized spacial score (nSPS) is 11.5. The molecule has 2 rings (SSSR count). The first-order valence-electron chi connectivity index (χ1n) is 5.92. The van der Waals surface area contributed by atoms with Crippen LogP contribution >= 0.6 is 15.9 Å². The number of esters is 1. The first kappa shape index (κ1) is 15.6. The van der Waals surface area contributed by atoms with Crippen LogP contribution in [-0.2, 0) is 10.9 Å². The highest BCUT2D eigenvalue weighted by Gasteiger charge is 2.41. The van der Waals surface area contributed by atoms with Gasteiger partial charge in [-0.25, -0.2) is 9.78 Å². The van der Waals surface area contributed by atoms with E-state index >= 15 is 0 Å². The molecule has 0 unspecified atom stereocenters. The van der Waals surface area contributed by atoms with Crippen molar-refractivity contribution in [1.29, 1.82) is 0 Å². The van der Waals surface area contributed by atoms with Crippen LogP contribution in [0.25, 0.3) is 5.69 Å². The number of carbonyl (C=O) groups excluding carboxylic acids is 1. The van der Waals surface area contributed by atoms with Crippen LogP contribution in [0.2, 0.25) is 0 Å². The molecule has 0 radical (unpaired) electrons. The number of hydrogen-bond acceptors (Lipinski definition) is 3. The molecule has 0 N–H and O–H groups in total. The van der Waals surface area contributed by atoms with Crippen molar-refractivity contribution in [3.8, 4) is 5.69 Å². The average Bonchev–Trinajstić information content (AvgIpc) is 2.84. The van der Waals surface area contributed by atoms with E-state index in [1.807, 2.05) is 0 Å². The molecule has 4 nitrogen and oxygen atoms in total. The number of rotatable bonds is 3. The number of aromatic nitrogens is 2. The van der Waals surface area contributed by atoms with Crippen molar-refractivity contribution in [2.24, 2.45) is 0 Å². The summed E-state index contributed by atoms with van der Waals surface area (Å²) in [6, 6.07) is 6.16. The molecule has 1 heterocycles.